The van der Waals surface area contributed by atoms with Gasteiger partial charge in [0.15, 0.2) is 0 Å². The van der Waals surface area contributed by atoms with E-state index in [2.05, 4.69) is 34.5 Å². The number of nitrogens with zero attached hydrogens (tertiary/aromatic N) is 1. The first-order chi connectivity index (χ1) is 8.93. The minimum Gasteiger partial charge on any atom is -0.381 e. The molecular formula is C15H22N2O. The quantitative estimate of drug-likeness (QED) is 0.887. The summed E-state index contributed by atoms with van der Waals surface area (Å²) in [5, 5.41) is 3.72. The summed E-state index contributed by atoms with van der Waals surface area (Å²) in [4.78, 5) is 2.43. The van der Waals surface area contributed by atoms with E-state index >= 15 is 0 Å². The average molecular weight is 246 g/mol. The maximum atomic E-state index is 5.43. The molecule has 0 unspecified atom stereocenters. The lowest BCUT2D eigenvalue weighted by Gasteiger charge is -2.31. The summed E-state index contributed by atoms with van der Waals surface area (Å²) in [6.07, 6.45) is 5.38. The minimum atomic E-state index is 0.673. The summed E-state index contributed by atoms with van der Waals surface area (Å²) in [6.45, 7) is 3.70. The van der Waals surface area contributed by atoms with E-state index in [9.17, 15) is 0 Å². The molecule has 0 spiro atoms. The van der Waals surface area contributed by atoms with Gasteiger partial charge in [0.1, 0.15) is 0 Å². The first-order valence-corrected chi connectivity index (χ1v) is 7.12. The molecule has 1 aliphatic heterocycles. The summed E-state index contributed by atoms with van der Waals surface area (Å²) in [6, 6.07) is 9.37. The van der Waals surface area contributed by atoms with E-state index in [1.807, 2.05) is 0 Å². The van der Waals surface area contributed by atoms with Crippen LogP contribution in [0.15, 0.2) is 24.3 Å². The van der Waals surface area contributed by atoms with Gasteiger partial charge in [-0.15, -0.1) is 0 Å². The highest BCUT2D eigenvalue weighted by molar-refractivity contribution is 5.70. The summed E-state index contributed by atoms with van der Waals surface area (Å²) in [5.41, 5.74) is 2.64. The Morgan fingerprint density at radius 2 is 1.78 bits per heavy atom. The van der Waals surface area contributed by atoms with Gasteiger partial charge >= 0.3 is 0 Å². The van der Waals surface area contributed by atoms with Crippen LogP contribution in [0.4, 0.5) is 11.4 Å². The van der Waals surface area contributed by atoms with Crippen LogP contribution in [0.5, 0.6) is 0 Å². The number of morpholine rings is 1. The Hall–Kier alpha value is -1.22. The van der Waals surface area contributed by atoms with E-state index in [1.165, 1.54) is 37.1 Å². The van der Waals surface area contributed by atoms with Gasteiger partial charge < -0.3 is 15.0 Å². The molecule has 0 aromatic heterocycles. The van der Waals surface area contributed by atoms with Crippen molar-refractivity contribution in [3.05, 3.63) is 24.3 Å². The van der Waals surface area contributed by atoms with Gasteiger partial charge in [-0.05, 0) is 25.0 Å². The van der Waals surface area contributed by atoms with E-state index in [0.717, 1.165) is 26.3 Å². The molecular weight excluding hydrogens is 224 g/mol. The topological polar surface area (TPSA) is 24.5 Å². The van der Waals surface area contributed by atoms with Crippen molar-refractivity contribution in [1.82, 2.24) is 0 Å². The Bertz CT molecular complexity index is 382. The minimum absolute atomic E-state index is 0.673. The van der Waals surface area contributed by atoms with Crippen molar-refractivity contribution in [2.45, 2.75) is 31.7 Å². The van der Waals surface area contributed by atoms with Gasteiger partial charge in [0.2, 0.25) is 0 Å². The third-order valence-corrected chi connectivity index (χ3v) is 3.97. The molecule has 1 saturated carbocycles. The monoisotopic (exact) mass is 246 g/mol. The standard InChI is InChI=1S/C15H22N2O/c1-2-6-13(5-1)16-14-7-3-4-8-15(14)17-9-11-18-12-10-17/h3-4,7-8,13,16H,1-2,5-6,9-12H2. The van der Waals surface area contributed by atoms with E-state index in [1.54, 1.807) is 0 Å². The first-order valence-electron chi connectivity index (χ1n) is 7.12. The van der Waals surface area contributed by atoms with Crippen molar-refractivity contribution in [1.29, 1.82) is 0 Å². The SMILES string of the molecule is c1ccc(N2CCOCC2)c(NC2CCCC2)c1. The maximum absolute atomic E-state index is 5.43. The lowest BCUT2D eigenvalue weighted by molar-refractivity contribution is 0.123. The Morgan fingerprint density at radius 3 is 2.56 bits per heavy atom. The van der Waals surface area contributed by atoms with Crippen molar-refractivity contribution in [2.24, 2.45) is 0 Å². The normalized spacial score (nSPS) is 21.2. The predicted octanol–water partition coefficient (Wildman–Crippen LogP) is 2.88. The highest BCUT2D eigenvalue weighted by atomic mass is 16.5. The molecule has 3 rings (SSSR count). The molecule has 0 amide bonds. The lowest BCUT2D eigenvalue weighted by atomic mass is 10.2. The van der Waals surface area contributed by atoms with Crippen molar-refractivity contribution in [2.75, 3.05) is 36.5 Å². The van der Waals surface area contributed by atoms with Crippen LogP contribution in [0, 0.1) is 0 Å². The first kappa shape index (κ1) is 11.8. The smallest absolute Gasteiger partial charge is 0.0642 e. The number of ether oxygens (including phenoxy) is 1. The number of benzene rings is 1. The van der Waals surface area contributed by atoms with Gasteiger partial charge in [0, 0.05) is 19.1 Å². The molecule has 1 aromatic rings. The van der Waals surface area contributed by atoms with Crippen molar-refractivity contribution >= 4 is 11.4 Å². The Labute approximate surface area is 109 Å². The Kier molecular flexibility index (Phi) is 3.69. The molecule has 18 heavy (non-hydrogen) atoms. The fourth-order valence-electron chi connectivity index (χ4n) is 2.97. The van der Waals surface area contributed by atoms with Gasteiger partial charge in [-0.3, -0.25) is 0 Å². The van der Waals surface area contributed by atoms with Crippen molar-refractivity contribution in [3.8, 4) is 0 Å². The van der Waals surface area contributed by atoms with Gasteiger partial charge in [-0.25, -0.2) is 0 Å². The molecule has 1 saturated heterocycles. The average Bonchev–Trinajstić information content (AvgIpc) is 2.93. The third kappa shape index (κ3) is 2.61. The van der Waals surface area contributed by atoms with Gasteiger partial charge in [-0.2, -0.15) is 0 Å². The highest BCUT2D eigenvalue weighted by Gasteiger charge is 2.18. The zero-order chi connectivity index (χ0) is 12.2. The molecule has 0 radical (unpaired) electrons. The third-order valence-electron chi connectivity index (χ3n) is 3.97. The number of hydrogen-bond acceptors (Lipinski definition) is 3. The van der Waals surface area contributed by atoms with E-state index in [4.69, 9.17) is 4.74 Å². The molecule has 1 aromatic carbocycles. The fraction of sp³-hybridized carbons (Fsp3) is 0.600. The second kappa shape index (κ2) is 5.61. The Morgan fingerprint density at radius 1 is 1.06 bits per heavy atom. The van der Waals surface area contributed by atoms with E-state index < -0.39 is 0 Å². The molecule has 1 N–H and O–H groups in total. The summed E-state index contributed by atoms with van der Waals surface area (Å²) < 4.78 is 5.43. The molecule has 2 fully saturated rings. The molecule has 2 aliphatic rings. The largest absolute Gasteiger partial charge is 0.381 e. The fourth-order valence-corrected chi connectivity index (χ4v) is 2.97. The molecule has 1 heterocycles. The molecule has 98 valence electrons. The van der Waals surface area contributed by atoms with Crippen LogP contribution in [0.1, 0.15) is 25.7 Å². The zero-order valence-electron chi connectivity index (χ0n) is 10.9. The Balaban J connectivity index is 1.75. The van der Waals surface area contributed by atoms with Crippen LogP contribution < -0.4 is 10.2 Å². The van der Waals surface area contributed by atoms with Crippen molar-refractivity contribution in [3.63, 3.8) is 0 Å². The number of para-hydroxylation sites is 2. The molecule has 1 aliphatic carbocycles. The van der Waals surface area contributed by atoms with Crippen LogP contribution in [0.2, 0.25) is 0 Å². The summed E-state index contributed by atoms with van der Waals surface area (Å²) >= 11 is 0. The zero-order valence-corrected chi connectivity index (χ0v) is 10.9. The van der Waals surface area contributed by atoms with Crippen molar-refractivity contribution < 1.29 is 4.74 Å². The van der Waals surface area contributed by atoms with Crippen LogP contribution in [0.3, 0.4) is 0 Å². The molecule has 0 atom stereocenters. The number of anilines is 2. The summed E-state index contributed by atoms with van der Waals surface area (Å²) in [5.74, 6) is 0. The number of nitrogens with one attached hydrogen (secondary N) is 1. The lowest BCUT2D eigenvalue weighted by Crippen LogP contribution is -2.36. The summed E-state index contributed by atoms with van der Waals surface area (Å²) in [7, 11) is 0. The maximum Gasteiger partial charge on any atom is 0.0642 e. The molecule has 0 bridgehead atoms. The molecule has 3 heteroatoms. The van der Waals surface area contributed by atoms with Crippen LogP contribution in [0.25, 0.3) is 0 Å². The second-order valence-electron chi connectivity index (χ2n) is 5.24. The van der Waals surface area contributed by atoms with Crippen LogP contribution in [-0.2, 0) is 4.74 Å². The van der Waals surface area contributed by atoms with Crippen LogP contribution in [-0.4, -0.2) is 32.3 Å². The van der Waals surface area contributed by atoms with Gasteiger partial charge in [0.05, 0.1) is 24.6 Å². The predicted molar refractivity (Wildman–Crippen MR) is 75.4 cm³/mol. The van der Waals surface area contributed by atoms with E-state index in [0.29, 0.717) is 6.04 Å². The second-order valence-corrected chi connectivity index (χ2v) is 5.24. The van der Waals surface area contributed by atoms with Crippen LogP contribution >= 0.6 is 0 Å². The number of hydrogen-bond donors (Lipinski definition) is 1. The molecule has 3 nitrogen and oxygen atoms in total. The number of rotatable bonds is 3. The van der Waals surface area contributed by atoms with E-state index in [-0.39, 0.29) is 0 Å². The van der Waals surface area contributed by atoms with Gasteiger partial charge in [-0.1, -0.05) is 25.0 Å². The van der Waals surface area contributed by atoms with Gasteiger partial charge in [0.25, 0.3) is 0 Å². The highest BCUT2D eigenvalue weighted by Crippen LogP contribution is 2.30.